The fourth-order valence-electron chi connectivity index (χ4n) is 4.18. The van der Waals surface area contributed by atoms with Gasteiger partial charge in [0.25, 0.3) is 0 Å². The number of rotatable bonds is 4. The first kappa shape index (κ1) is 19.7. The van der Waals surface area contributed by atoms with Crippen molar-refractivity contribution >= 4 is 23.0 Å². The number of ether oxygens (including phenoxy) is 1. The minimum Gasteiger partial charge on any atom is -0.493 e. The lowest BCUT2D eigenvalue weighted by molar-refractivity contribution is 0.287. The molecule has 2 aliphatic rings. The molecule has 2 aliphatic heterocycles. The van der Waals surface area contributed by atoms with E-state index in [1.807, 2.05) is 20.0 Å². The van der Waals surface area contributed by atoms with Crippen LogP contribution in [0.2, 0.25) is 0 Å². The van der Waals surface area contributed by atoms with Gasteiger partial charge in [-0.05, 0) is 69.2 Å². The van der Waals surface area contributed by atoms with Crippen LogP contribution in [0, 0.1) is 13.8 Å². The average molecular weight is 394 g/mol. The molecule has 0 amide bonds. The minimum atomic E-state index is 0.530. The molecule has 0 radical (unpaired) electrons. The summed E-state index contributed by atoms with van der Waals surface area (Å²) in [4.78, 5) is 9.16. The zero-order valence-electron chi connectivity index (χ0n) is 17.9. The Labute approximate surface area is 173 Å². The van der Waals surface area contributed by atoms with Gasteiger partial charge in [0.2, 0.25) is 5.95 Å². The first-order valence-corrected chi connectivity index (χ1v) is 10.6. The van der Waals surface area contributed by atoms with Crippen LogP contribution in [0.4, 0.5) is 17.5 Å². The smallest absolute Gasteiger partial charge is 0.229 e. The molecule has 3 heterocycles. The summed E-state index contributed by atoms with van der Waals surface area (Å²) in [5.74, 6) is 2.50. The van der Waals surface area contributed by atoms with Crippen LogP contribution in [0.3, 0.4) is 0 Å². The molecule has 0 saturated heterocycles. The van der Waals surface area contributed by atoms with E-state index in [-0.39, 0.29) is 0 Å². The molecule has 4 rings (SSSR count). The van der Waals surface area contributed by atoms with Gasteiger partial charge < -0.3 is 20.7 Å². The molecule has 154 valence electrons. The molecule has 2 aromatic rings. The lowest BCUT2D eigenvalue weighted by Crippen LogP contribution is -2.24. The maximum Gasteiger partial charge on any atom is 0.229 e. The number of benzene rings is 1. The van der Waals surface area contributed by atoms with E-state index in [0.717, 1.165) is 61.8 Å². The van der Waals surface area contributed by atoms with Gasteiger partial charge in [-0.15, -0.1) is 0 Å². The summed E-state index contributed by atoms with van der Waals surface area (Å²) in [5.41, 5.74) is 7.08. The molecule has 0 fully saturated rings. The third kappa shape index (κ3) is 4.22. The molecule has 29 heavy (non-hydrogen) atoms. The van der Waals surface area contributed by atoms with Crippen molar-refractivity contribution < 1.29 is 4.74 Å². The summed E-state index contributed by atoms with van der Waals surface area (Å²) in [6.07, 6.45) is 6.60. The fraction of sp³-hybridized carbons (Fsp3) is 0.478. The summed E-state index contributed by atoms with van der Waals surface area (Å²) < 4.78 is 6.19. The highest BCUT2D eigenvalue weighted by Gasteiger charge is 2.23. The van der Waals surface area contributed by atoms with Gasteiger partial charge in [0.1, 0.15) is 11.6 Å². The van der Waals surface area contributed by atoms with Crippen LogP contribution in [-0.4, -0.2) is 36.2 Å². The number of fused-ring (bicyclic) bond motifs is 1. The first-order valence-electron chi connectivity index (χ1n) is 10.6. The second-order valence-corrected chi connectivity index (χ2v) is 8.03. The molecule has 1 aromatic carbocycles. The van der Waals surface area contributed by atoms with E-state index >= 15 is 0 Å². The number of aromatic nitrogens is 2. The Morgan fingerprint density at radius 3 is 2.86 bits per heavy atom. The van der Waals surface area contributed by atoms with Crippen molar-refractivity contribution in [3.63, 3.8) is 0 Å². The second-order valence-electron chi connectivity index (χ2n) is 8.03. The molecule has 3 N–H and O–H groups in total. The van der Waals surface area contributed by atoms with E-state index in [4.69, 9.17) is 4.74 Å². The van der Waals surface area contributed by atoms with Crippen LogP contribution in [0.5, 0.6) is 5.75 Å². The van der Waals surface area contributed by atoms with Crippen LogP contribution in [-0.2, 0) is 6.42 Å². The molecule has 1 aromatic heterocycles. The van der Waals surface area contributed by atoms with Gasteiger partial charge in [0.15, 0.2) is 0 Å². The van der Waals surface area contributed by atoms with E-state index in [1.54, 1.807) is 0 Å². The Kier molecular flexibility index (Phi) is 5.72. The van der Waals surface area contributed by atoms with E-state index in [9.17, 15) is 0 Å². The Hall–Kier alpha value is -2.60. The Morgan fingerprint density at radius 2 is 2.03 bits per heavy atom. The minimum absolute atomic E-state index is 0.530. The highest BCUT2D eigenvalue weighted by molar-refractivity contribution is 5.81. The molecular formula is C23H31N5O. The normalized spacial score (nSPS) is 18.9. The second kappa shape index (κ2) is 8.41. The maximum absolute atomic E-state index is 6.19. The van der Waals surface area contributed by atoms with Crippen molar-refractivity contribution in [3.8, 4) is 5.75 Å². The summed E-state index contributed by atoms with van der Waals surface area (Å²) in [6, 6.07) is 4.69. The molecule has 6 nitrogen and oxygen atoms in total. The van der Waals surface area contributed by atoms with Gasteiger partial charge in [0, 0.05) is 42.6 Å². The first-order chi connectivity index (χ1) is 14.0. The Bertz CT molecular complexity index is 937. The van der Waals surface area contributed by atoms with E-state index in [1.165, 1.54) is 22.3 Å². The van der Waals surface area contributed by atoms with Gasteiger partial charge >= 0.3 is 0 Å². The van der Waals surface area contributed by atoms with Crippen LogP contribution in [0.15, 0.2) is 18.2 Å². The van der Waals surface area contributed by atoms with Crippen LogP contribution >= 0.6 is 0 Å². The fourth-order valence-corrected chi connectivity index (χ4v) is 4.18. The third-order valence-electron chi connectivity index (χ3n) is 5.79. The van der Waals surface area contributed by atoms with Crippen molar-refractivity contribution in [3.05, 3.63) is 40.6 Å². The van der Waals surface area contributed by atoms with E-state index < -0.39 is 0 Å². The van der Waals surface area contributed by atoms with Gasteiger partial charge in [-0.2, -0.15) is 4.98 Å². The lowest BCUT2D eigenvalue weighted by atomic mass is 9.89. The predicted octanol–water partition coefficient (Wildman–Crippen LogP) is 4.36. The molecule has 0 aliphatic carbocycles. The third-order valence-corrected chi connectivity index (χ3v) is 5.79. The van der Waals surface area contributed by atoms with Crippen molar-refractivity contribution in [2.75, 3.05) is 30.8 Å². The van der Waals surface area contributed by atoms with Gasteiger partial charge in [-0.25, -0.2) is 4.98 Å². The zero-order chi connectivity index (χ0) is 20.4. The number of allylic oxidation sites excluding steroid dienone is 1. The number of hydrogen-bond donors (Lipinski definition) is 3. The largest absolute Gasteiger partial charge is 0.493 e. The highest BCUT2D eigenvalue weighted by Crippen LogP contribution is 2.42. The quantitative estimate of drug-likeness (QED) is 0.717. The SMILES string of the molecule is CNc1cc(C)nc(Nc2cc3c(c(C4=CCN[C@@H](C)CC4)c2C)OCCC3)n1. The number of hydrogen-bond acceptors (Lipinski definition) is 6. The molecule has 0 bridgehead atoms. The van der Waals surface area contributed by atoms with Crippen LogP contribution in [0.1, 0.15) is 48.6 Å². The molecule has 0 spiro atoms. The van der Waals surface area contributed by atoms with Crippen LogP contribution < -0.4 is 20.7 Å². The summed E-state index contributed by atoms with van der Waals surface area (Å²) in [6.45, 7) is 8.10. The van der Waals surface area contributed by atoms with Crippen LogP contribution in [0.25, 0.3) is 5.57 Å². The monoisotopic (exact) mass is 393 g/mol. The summed E-state index contributed by atoms with van der Waals surface area (Å²) in [5, 5.41) is 10.1. The maximum atomic E-state index is 6.19. The molecule has 0 saturated carbocycles. The summed E-state index contributed by atoms with van der Waals surface area (Å²) in [7, 11) is 1.87. The van der Waals surface area contributed by atoms with Crippen molar-refractivity contribution in [2.45, 2.75) is 52.5 Å². The Balaban J connectivity index is 1.77. The number of nitrogens with one attached hydrogen (secondary N) is 3. The van der Waals surface area contributed by atoms with Crippen molar-refractivity contribution in [1.29, 1.82) is 0 Å². The standard InChI is InChI=1S/C23H31N5O/c1-14-7-8-17(9-10-25-14)21-16(3)19(13-18-6-5-11-29-22(18)21)27-23-26-15(2)12-20(24-4)28-23/h9,12-14,25H,5-8,10-11H2,1-4H3,(H2,24,26,27,28)/t14-/m0/s1. The van der Waals surface area contributed by atoms with Crippen molar-refractivity contribution in [2.24, 2.45) is 0 Å². The molecule has 6 heteroatoms. The number of aryl methyl sites for hydroxylation is 2. The average Bonchev–Trinajstić information content (AvgIpc) is 2.92. The molecular weight excluding hydrogens is 362 g/mol. The van der Waals surface area contributed by atoms with Gasteiger partial charge in [-0.3, -0.25) is 0 Å². The summed E-state index contributed by atoms with van der Waals surface area (Å²) >= 11 is 0. The zero-order valence-corrected chi connectivity index (χ0v) is 17.9. The molecule has 0 unspecified atom stereocenters. The van der Waals surface area contributed by atoms with E-state index in [2.05, 4.69) is 51.9 Å². The molecule has 1 atom stereocenters. The van der Waals surface area contributed by atoms with Gasteiger partial charge in [0.05, 0.1) is 6.61 Å². The lowest BCUT2D eigenvalue weighted by Gasteiger charge is -2.26. The van der Waals surface area contributed by atoms with E-state index in [0.29, 0.717) is 12.0 Å². The van der Waals surface area contributed by atoms with Crippen molar-refractivity contribution in [1.82, 2.24) is 15.3 Å². The topological polar surface area (TPSA) is 71.1 Å². The van der Waals surface area contributed by atoms with Gasteiger partial charge in [-0.1, -0.05) is 6.08 Å². The number of nitrogens with zero attached hydrogens (tertiary/aromatic N) is 2. The number of anilines is 3. The highest BCUT2D eigenvalue weighted by atomic mass is 16.5. The predicted molar refractivity (Wildman–Crippen MR) is 119 cm³/mol. The Morgan fingerprint density at radius 1 is 1.17 bits per heavy atom.